The molecule has 0 bridgehead atoms. The van der Waals surface area contributed by atoms with Crippen molar-refractivity contribution in [3.63, 3.8) is 0 Å². The maximum atomic E-state index is 13.3. The zero-order valence-corrected chi connectivity index (χ0v) is 12.6. The van der Waals surface area contributed by atoms with Crippen LogP contribution in [0.3, 0.4) is 0 Å². The summed E-state index contributed by atoms with van der Waals surface area (Å²) in [5, 5.41) is 0. The predicted molar refractivity (Wildman–Crippen MR) is 75.3 cm³/mol. The van der Waals surface area contributed by atoms with E-state index in [0.29, 0.717) is 0 Å². The van der Waals surface area contributed by atoms with Crippen LogP contribution in [0.2, 0.25) is 0 Å². The number of hydrogen-bond donors (Lipinski definition) is 1. The van der Waals surface area contributed by atoms with Crippen LogP contribution in [0.4, 0.5) is 19.0 Å². The standard InChI is InChI=1S/C12H16F3N3O3S/c1-2-22(20,21)17-6-7-18(9(8-17)12(13,14)15)10-4-3-5-11(19)16-10/h3-5,9H,2,6-8H2,1H3,(H,16,19). The van der Waals surface area contributed by atoms with E-state index in [1.807, 2.05) is 0 Å². The molecule has 1 saturated heterocycles. The molecule has 0 aromatic carbocycles. The van der Waals surface area contributed by atoms with Gasteiger partial charge in [-0.1, -0.05) is 6.07 Å². The van der Waals surface area contributed by atoms with Crippen LogP contribution in [0.25, 0.3) is 0 Å². The average Bonchev–Trinajstić information content (AvgIpc) is 2.45. The Morgan fingerprint density at radius 3 is 2.55 bits per heavy atom. The predicted octanol–water partition coefficient (Wildman–Crippen LogP) is 0.777. The van der Waals surface area contributed by atoms with Gasteiger partial charge in [0.05, 0.1) is 5.75 Å². The summed E-state index contributed by atoms with van der Waals surface area (Å²) in [6.07, 6.45) is -4.62. The second kappa shape index (κ2) is 5.92. The number of halogens is 3. The Labute approximate surface area is 125 Å². The van der Waals surface area contributed by atoms with Crippen LogP contribution in [-0.2, 0) is 10.0 Å². The van der Waals surface area contributed by atoms with E-state index in [-0.39, 0.29) is 24.7 Å². The molecular weight excluding hydrogens is 323 g/mol. The fourth-order valence-electron chi connectivity index (χ4n) is 2.37. The van der Waals surface area contributed by atoms with Gasteiger partial charge < -0.3 is 9.88 Å². The molecule has 124 valence electrons. The smallest absolute Gasteiger partial charge is 0.344 e. The summed E-state index contributed by atoms with van der Waals surface area (Å²) in [5.74, 6) is -0.219. The molecule has 1 aliphatic heterocycles. The summed E-state index contributed by atoms with van der Waals surface area (Å²) >= 11 is 0. The van der Waals surface area contributed by atoms with Crippen molar-refractivity contribution in [3.8, 4) is 0 Å². The van der Waals surface area contributed by atoms with Crippen LogP contribution < -0.4 is 10.5 Å². The number of pyridine rings is 1. The zero-order chi connectivity index (χ0) is 16.5. The number of aromatic amines is 1. The molecule has 0 amide bonds. The summed E-state index contributed by atoms with van der Waals surface area (Å²) < 4.78 is 64.3. The Morgan fingerprint density at radius 1 is 1.32 bits per heavy atom. The van der Waals surface area contributed by atoms with Crippen LogP contribution in [-0.4, -0.2) is 55.3 Å². The van der Waals surface area contributed by atoms with Crippen molar-refractivity contribution in [1.82, 2.24) is 9.29 Å². The van der Waals surface area contributed by atoms with E-state index in [1.165, 1.54) is 25.1 Å². The molecule has 1 aromatic heterocycles. The number of rotatable bonds is 3. The molecule has 10 heteroatoms. The summed E-state index contributed by atoms with van der Waals surface area (Å²) in [6.45, 7) is 0.499. The molecule has 1 aromatic rings. The lowest BCUT2D eigenvalue weighted by atomic mass is 10.2. The number of piperazine rings is 1. The van der Waals surface area contributed by atoms with E-state index >= 15 is 0 Å². The molecule has 1 atom stereocenters. The molecule has 1 aliphatic rings. The highest BCUT2D eigenvalue weighted by atomic mass is 32.2. The molecule has 0 saturated carbocycles. The number of nitrogens with zero attached hydrogens (tertiary/aromatic N) is 2. The molecular formula is C12H16F3N3O3S. The average molecular weight is 339 g/mol. The number of nitrogens with one attached hydrogen (secondary N) is 1. The fraction of sp³-hybridized carbons (Fsp3) is 0.583. The molecule has 22 heavy (non-hydrogen) atoms. The highest BCUT2D eigenvalue weighted by Gasteiger charge is 2.48. The Balaban J connectivity index is 2.35. The minimum absolute atomic E-state index is 0.0309. The van der Waals surface area contributed by atoms with Crippen LogP contribution in [0, 0.1) is 0 Å². The van der Waals surface area contributed by atoms with Crippen molar-refractivity contribution < 1.29 is 21.6 Å². The van der Waals surface area contributed by atoms with Crippen molar-refractivity contribution in [1.29, 1.82) is 0 Å². The van der Waals surface area contributed by atoms with Gasteiger partial charge in [-0.3, -0.25) is 4.79 Å². The number of H-pyrrole nitrogens is 1. The Hall–Kier alpha value is -1.55. The molecule has 2 heterocycles. The number of hydrogen-bond acceptors (Lipinski definition) is 4. The number of aromatic nitrogens is 1. The van der Waals surface area contributed by atoms with Gasteiger partial charge in [-0.05, 0) is 13.0 Å². The maximum Gasteiger partial charge on any atom is 0.410 e. The van der Waals surface area contributed by atoms with Crippen molar-refractivity contribution in [2.45, 2.75) is 19.1 Å². The topological polar surface area (TPSA) is 73.5 Å². The van der Waals surface area contributed by atoms with Gasteiger partial charge >= 0.3 is 6.18 Å². The molecule has 6 nitrogen and oxygen atoms in total. The molecule has 2 rings (SSSR count). The van der Waals surface area contributed by atoms with E-state index < -0.39 is 34.3 Å². The Kier molecular flexibility index (Phi) is 4.52. The van der Waals surface area contributed by atoms with Gasteiger partial charge in [-0.2, -0.15) is 17.5 Å². The minimum Gasteiger partial charge on any atom is -0.344 e. The third kappa shape index (κ3) is 3.43. The van der Waals surface area contributed by atoms with Crippen LogP contribution in [0.15, 0.2) is 23.0 Å². The SMILES string of the molecule is CCS(=O)(=O)N1CCN(c2cccc(=O)[nH]2)C(C(F)(F)F)C1. The minimum atomic E-state index is -4.62. The van der Waals surface area contributed by atoms with E-state index in [1.54, 1.807) is 0 Å². The van der Waals surface area contributed by atoms with Crippen molar-refractivity contribution >= 4 is 15.8 Å². The summed E-state index contributed by atoms with van der Waals surface area (Å²) in [6, 6.07) is 1.92. The van der Waals surface area contributed by atoms with Gasteiger partial charge in [0.2, 0.25) is 15.6 Å². The first-order chi connectivity index (χ1) is 10.1. The van der Waals surface area contributed by atoms with Gasteiger partial charge in [0.15, 0.2) is 0 Å². The third-order valence-corrected chi connectivity index (χ3v) is 5.39. The summed E-state index contributed by atoms with van der Waals surface area (Å²) in [4.78, 5) is 14.6. The molecule has 0 aliphatic carbocycles. The monoisotopic (exact) mass is 339 g/mol. The molecule has 0 radical (unpaired) electrons. The normalized spacial score (nSPS) is 21.1. The first-order valence-corrected chi connectivity index (χ1v) is 8.26. The van der Waals surface area contributed by atoms with E-state index in [9.17, 15) is 26.4 Å². The van der Waals surface area contributed by atoms with Crippen molar-refractivity contribution in [3.05, 3.63) is 28.6 Å². The lowest BCUT2D eigenvalue weighted by molar-refractivity contribution is -0.153. The van der Waals surface area contributed by atoms with Crippen LogP contribution in [0.5, 0.6) is 0 Å². The second-order valence-corrected chi connectivity index (χ2v) is 7.17. The Morgan fingerprint density at radius 2 is 2.00 bits per heavy atom. The van der Waals surface area contributed by atoms with Gasteiger partial charge in [0.25, 0.3) is 0 Å². The number of anilines is 1. The lowest BCUT2D eigenvalue weighted by Crippen LogP contribution is -2.60. The first kappa shape index (κ1) is 16.8. The zero-order valence-electron chi connectivity index (χ0n) is 11.8. The summed E-state index contributed by atoms with van der Waals surface area (Å²) in [7, 11) is -3.69. The lowest BCUT2D eigenvalue weighted by Gasteiger charge is -2.42. The second-order valence-electron chi connectivity index (χ2n) is 4.91. The van der Waals surface area contributed by atoms with Gasteiger partial charge in [-0.25, -0.2) is 8.42 Å². The van der Waals surface area contributed by atoms with Crippen molar-refractivity contribution in [2.24, 2.45) is 0 Å². The van der Waals surface area contributed by atoms with Gasteiger partial charge in [-0.15, -0.1) is 0 Å². The molecule has 1 N–H and O–H groups in total. The third-order valence-electron chi connectivity index (χ3n) is 3.54. The maximum absolute atomic E-state index is 13.3. The van der Waals surface area contributed by atoms with E-state index in [4.69, 9.17) is 0 Å². The highest BCUT2D eigenvalue weighted by Crippen LogP contribution is 2.31. The van der Waals surface area contributed by atoms with Gasteiger partial charge in [0.1, 0.15) is 11.9 Å². The number of alkyl halides is 3. The van der Waals surface area contributed by atoms with Gasteiger partial charge in [0, 0.05) is 25.7 Å². The fourth-order valence-corrected chi connectivity index (χ4v) is 3.46. The molecule has 0 spiro atoms. The Bertz CT molecular complexity index is 687. The van der Waals surface area contributed by atoms with Crippen LogP contribution in [0.1, 0.15) is 6.92 Å². The first-order valence-electron chi connectivity index (χ1n) is 6.65. The quantitative estimate of drug-likeness (QED) is 0.883. The van der Waals surface area contributed by atoms with Crippen molar-refractivity contribution in [2.75, 3.05) is 30.3 Å². The van der Waals surface area contributed by atoms with E-state index in [0.717, 1.165) is 9.21 Å². The van der Waals surface area contributed by atoms with E-state index in [2.05, 4.69) is 4.98 Å². The van der Waals surface area contributed by atoms with Crippen LogP contribution >= 0.6 is 0 Å². The largest absolute Gasteiger partial charge is 0.410 e. The highest BCUT2D eigenvalue weighted by molar-refractivity contribution is 7.89. The number of sulfonamides is 1. The molecule has 1 fully saturated rings. The summed E-state index contributed by atoms with van der Waals surface area (Å²) in [5.41, 5.74) is -0.512. The molecule has 1 unspecified atom stereocenters.